The maximum atomic E-state index is 13.1. The van der Waals surface area contributed by atoms with Gasteiger partial charge in [-0.15, -0.1) is 0 Å². The minimum Gasteiger partial charge on any atom is -0.256 e. The number of hydrogen-bond acceptors (Lipinski definition) is 5. The molecule has 0 radical (unpaired) electrons. The molecule has 1 unspecified atom stereocenters. The maximum Gasteiger partial charge on any atom is 0.417 e. The fraction of sp³-hybridized carbons (Fsp3) is 0.381. The van der Waals surface area contributed by atoms with Gasteiger partial charge in [-0.2, -0.15) is 17.5 Å². The van der Waals surface area contributed by atoms with Crippen LogP contribution in [0.2, 0.25) is 0 Å². The highest BCUT2D eigenvalue weighted by Gasteiger charge is 2.32. The number of alkyl halides is 3. The zero-order valence-electron chi connectivity index (χ0n) is 16.5. The first-order valence-electron chi connectivity index (χ1n) is 9.82. The van der Waals surface area contributed by atoms with E-state index in [9.17, 15) is 21.6 Å². The molecule has 0 bridgehead atoms. The van der Waals surface area contributed by atoms with Crippen LogP contribution in [0.1, 0.15) is 41.1 Å². The standard InChI is InChI=1S/C21H21F3N2O4S/c22-21(23,24)17-4-6-20(25-12-17)15-7-9-26(10-8-15)31(28,29)18-5-3-14-1-2-16(13-30-27)19(14)11-18/h3-7,11-12,16,27H,1-2,8-10,13H2. The van der Waals surface area contributed by atoms with E-state index < -0.39 is 21.8 Å². The van der Waals surface area contributed by atoms with Crippen molar-refractivity contribution in [3.05, 3.63) is 65.0 Å². The molecule has 1 N–H and O–H groups in total. The van der Waals surface area contributed by atoms with Gasteiger partial charge in [0.25, 0.3) is 0 Å². The van der Waals surface area contributed by atoms with Crippen molar-refractivity contribution in [1.29, 1.82) is 0 Å². The van der Waals surface area contributed by atoms with E-state index >= 15 is 0 Å². The molecule has 0 saturated heterocycles. The van der Waals surface area contributed by atoms with Crippen molar-refractivity contribution in [2.75, 3.05) is 19.7 Å². The molecule has 2 aliphatic rings. The van der Waals surface area contributed by atoms with Gasteiger partial charge < -0.3 is 0 Å². The van der Waals surface area contributed by atoms with Gasteiger partial charge in [0.1, 0.15) is 0 Å². The van der Waals surface area contributed by atoms with Crippen molar-refractivity contribution in [3.63, 3.8) is 0 Å². The van der Waals surface area contributed by atoms with Gasteiger partial charge in [0, 0.05) is 25.2 Å². The topological polar surface area (TPSA) is 79.7 Å². The molecule has 31 heavy (non-hydrogen) atoms. The lowest BCUT2D eigenvalue weighted by Crippen LogP contribution is -2.34. The summed E-state index contributed by atoms with van der Waals surface area (Å²) in [6, 6.07) is 7.33. The van der Waals surface area contributed by atoms with E-state index in [4.69, 9.17) is 5.26 Å². The number of rotatable bonds is 5. The lowest BCUT2D eigenvalue weighted by molar-refractivity contribution is -0.245. The number of pyridine rings is 1. The second-order valence-corrected chi connectivity index (χ2v) is 9.60. The van der Waals surface area contributed by atoms with Crippen LogP contribution in [0, 0.1) is 0 Å². The van der Waals surface area contributed by atoms with Crippen molar-refractivity contribution in [3.8, 4) is 0 Å². The Morgan fingerprint density at radius 2 is 2.00 bits per heavy atom. The van der Waals surface area contributed by atoms with Gasteiger partial charge in [-0.3, -0.25) is 10.2 Å². The molecule has 10 heteroatoms. The largest absolute Gasteiger partial charge is 0.417 e. The van der Waals surface area contributed by atoms with Crippen molar-refractivity contribution in [2.24, 2.45) is 0 Å². The van der Waals surface area contributed by atoms with E-state index in [-0.39, 0.29) is 30.5 Å². The smallest absolute Gasteiger partial charge is 0.256 e. The SMILES string of the molecule is O=S(=O)(c1ccc2c(c1)C(COO)CC2)N1CC=C(c2ccc(C(F)(F)F)cn2)CC1. The molecule has 1 aliphatic heterocycles. The van der Waals surface area contributed by atoms with Crippen molar-refractivity contribution in [2.45, 2.75) is 36.3 Å². The number of aromatic nitrogens is 1. The number of aryl methyl sites for hydroxylation is 1. The van der Waals surface area contributed by atoms with Gasteiger partial charge in [-0.1, -0.05) is 12.1 Å². The fourth-order valence-corrected chi connectivity index (χ4v) is 5.51. The fourth-order valence-electron chi connectivity index (χ4n) is 4.09. The first kappa shape index (κ1) is 21.9. The summed E-state index contributed by atoms with van der Waals surface area (Å²) in [5.74, 6) is -0.0475. The van der Waals surface area contributed by atoms with Crippen molar-refractivity contribution in [1.82, 2.24) is 9.29 Å². The quantitative estimate of drug-likeness (QED) is 0.544. The molecule has 2 heterocycles. The van der Waals surface area contributed by atoms with Crippen LogP contribution < -0.4 is 0 Å². The van der Waals surface area contributed by atoms with Crippen LogP contribution in [0.25, 0.3) is 5.57 Å². The third kappa shape index (κ3) is 4.38. The Labute approximate surface area is 178 Å². The number of fused-ring (bicyclic) bond motifs is 1. The van der Waals surface area contributed by atoms with Crippen LogP contribution in [0.5, 0.6) is 0 Å². The third-order valence-corrected chi connectivity index (χ3v) is 7.69. The summed E-state index contributed by atoms with van der Waals surface area (Å²) in [4.78, 5) is 8.34. The van der Waals surface area contributed by atoms with E-state index in [1.54, 1.807) is 24.3 Å². The molecule has 0 spiro atoms. The second-order valence-electron chi connectivity index (χ2n) is 7.66. The molecule has 4 rings (SSSR count). The number of halogens is 3. The minimum absolute atomic E-state index is 0.0475. The average molecular weight is 454 g/mol. The molecule has 2 aromatic rings. The summed E-state index contributed by atoms with van der Waals surface area (Å²) < 4.78 is 65.7. The molecule has 166 valence electrons. The number of hydrogen-bond donors (Lipinski definition) is 1. The number of benzene rings is 1. The molecule has 1 aliphatic carbocycles. The van der Waals surface area contributed by atoms with Crippen LogP contribution >= 0.6 is 0 Å². The Kier molecular flexibility index (Phi) is 5.91. The monoisotopic (exact) mass is 454 g/mol. The van der Waals surface area contributed by atoms with Gasteiger partial charge in [-0.05, 0) is 60.2 Å². The molecule has 1 aromatic carbocycles. The second kappa shape index (κ2) is 8.34. The Morgan fingerprint density at radius 1 is 1.19 bits per heavy atom. The molecule has 0 amide bonds. The highest BCUT2D eigenvalue weighted by molar-refractivity contribution is 7.89. The molecule has 1 aromatic heterocycles. The van der Waals surface area contributed by atoms with Crippen LogP contribution in [-0.4, -0.2) is 42.7 Å². The molecule has 1 atom stereocenters. The van der Waals surface area contributed by atoms with Gasteiger partial charge in [0.2, 0.25) is 10.0 Å². The molecule has 0 saturated carbocycles. The van der Waals surface area contributed by atoms with E-state index in [2.05, 4.69) is 9.87 Å². The normalized spacial score (nSPS) is 19.9. The maximum absolute atomic E-state index is 13.1. The first-order valence-corrected chi connectivity index (χ1v) is 11.3. The van der Waals surface area contributed by atoms with Crippen LogP contribution in [0.15, 0.2) is 47.5 Å². The Balaban J connectivity index is 1.52. The lowest BCUT2D eigenvalue weighted by atomic mass is 10.0. The summed E-state index contributed by atoms with van der Waals surface area (Å²) in [5, 5.41) is 8.77. The highest BCUT2D eigenvalue weighted by Crippen LogP contribution is 2.36. The highest BCUT2D eigenvalue weighted by atomic mass is 32.2. The predicted molar refractivity (Wildman–Crippen MR) is 107 cm³/mol. The van der Waals surface area contributed by atoms with Crippen molar-refractivity contribution >= 4 is 15.6 Å². The van der Waals surface area contributed by atoms with Crippen molar-refractivity contribution < 1.29 is 31.7 Å². The minimum atomic E-state index is -4.45. The van der Waals surface area contributed by atoms with Gasteiger partial charge in [0.05, 0.1) is 22.8 Å². The number of nitrogens with zero attached hydrogens (tertiary/aromatic N) is 2. The van der Waals surface area contributed by atoms with E-state index in [1.807, 2.05) is 0 Å². The van der Waals surface area contributed by atoms with Crippen LogP contribution in [-0.2, 0) is 27.5 Å². The lowest BCUT2D eigenvalue weighted by Gasteiger charge is -2.26. The van der Waals surface area contributed by atoms with Crippen LogP contribution in [0.4, 0.5) is 13.2 Å². The van der Waals surface area contributed by atoms with Gasteiger partial charge in [-0.25, -0.2) is 13.3 Å². The molecular weight excluding hydrogens is 433 g/mol. The summed E-state index contributed by atoms with van der Waals surface area (Å²) in [7, 11) is -3.74. The van der Waals surface area contributed by atoms with Crippen LogP contribution in [0.3, 0.4) is 0 Å². The number of sulfonamides is 1. The predicted octanol–water partition coefficient (Wildman–Crippen LogP) is 4.10. The molecule has 0 fully saturated rings. The zero-order valence-corrected chi connectivity index (χ0v) is 17.3. The van der Waals surface area contributed by atoms with E-state index in [0.717, 1.165) is 36.2 Å². The van der Waals surface area contributed by atoms with E-state index in [1.165, 1.54) is 10.4 Å². The van der Waals surface area contributed by atoms with E-state index in [0.29, 0.717) is 17.7 Å². The zero-order chi connectivity index (χ0) is 22.2. The third-order valence-electron chi connectivity index (χ3n) is 5.82. The Morgan fingerprint density at radius 3 is 2.61 bits per heavy atom. The Hall–Kier alpha value is -2.27. The summed E-state index contributed by atoms with van der Waals surface area (Å²) in [6.07, 6.45) is -0.0310. The average Bonchev–Trinajstić information content (AvgIpc) is 3.16. The summed E-state index contributed by atoms with van der Waals surface area (Å²) >= 11 is 0. The van der Waals surface area contributed by atoms with Gasteiger partial charge >= 0.3 is 6.18 Å². The van der Waals surface area contributed by atoms with Gasteiger partial charge in [0.15, 0.2) is 0 Å². The summed E-state index contributed by atoms with van der Waals surface area (Å²) in [6.45, 7) is 0.435. The molecule has 6 nitrogen and oxygen atoms in total. The Bertz CT molecular complexity index is 1100. The molecular formula is C21H21F3N2O4S. The first-order chi connectivity index (χ1) is 14.7. The summed E-state index contributed by atoms with van der Waals surface area (Å²) in [5.41, 5.74) is 2.23.